The molecule has 7 heteroatoms. The summed E-state index contributed by atoms with van der Waals surface area (Å²) in [5, 5.41) is 13.0. The molecule has 0 aromatic heterocycles. The highest BCUT2D eigenvalue weighted by atomic mass is 16.5. The zero-order valence-corrected chi connectivity index (χ0v) is 20.5. The molecule has 7 nitrogen and oxygen atoms in total. The van der Waals surface area contributed by atoms with Crippen LogP contribution < -0.4 is 19.5 Å². The Morgan fingerprint density at radius 2 is 1.79 bits per heavy atom. The van der Waals surface area contributed by atoms with Crippen LogP contribution in [0.25, 0.3) is 11.1 Å². The predicted molar refractivity (Wildman–Crippen MR) is 129 cm³/mol. The van der Waals surface area contributed by atoms with Crippen molar-refractivity contribution in [3.05, 3.63) is 41.5 Å². The average molecular weight is 468 g/mol. The first-order valence-corrected chi connectivity index (χ1v) is 11.7. The summed E-state index contributed by atoms with van der Waals surface area (Å²) in [6, 6.07) is 9.37. The van der Waals surface area contributed by atoms with Crippen molar-refractivity contribution in [1.82, 2.24) is 5.32 Å². The number of fused-ring (bicyclic) bond motifs is 1. The molecule has 2 aliphatic rings. The highest BCUT2D eigenvalue weighted by molar-refractivity contribution is 5.99. The number of hydrogen-bond donors (Lipinski definition) is 2. The molecule has 182 valence electrons. The molecule has 34 heavy (non-hydrogen) atoms. The maximum Gasteiger partial charge on any atom is 0.313 e. The van der Waals surface area contributed by atoms with Gasteiger partial charge in [-0.3, -0.25) is 9.59 Å². The first kappa shape index (κ1) is 23.9. The van der Waals surface area contributed by atoms with Gasteiger partial charge in [-0.25, -0.2) is 0 Å². The zero-order valence-electron chi connectivity index (χ0n) is 20.5. The fraction of sp³-hybridized carbons (Fsp3) is 0.481. The average Bonchev–Trinajstić information content (AvgIpc) is 3.11. The second kappa shape index (κ2) is 8.85. The van der Waals surface area contributed by atoms with Crippen LogP contribution in [0.4, 0.5) is 0 Å². The van der Waals surface area contributed by atoms with Gasteiger partial charge in [-0.15, -0.1) is 0 Å². The fourth-order valence-corrected chi connectivity index (χ4v) is 4.92. The number of nitrogens with one attached hydrogen (secondary N) is 1. The monoisotopic (exact) mass is 467 g/mol. The van der Waals surface area contributed by atoms with Crippen LogP contribution in [0.1, 0.15) is 62.4 Å². The molecule has 1 aliphatic carbocycles. The van der Waals surface area contributed by atoms with Crippen molar-refractivity contribution in [3.63, 3.8) is 0 Å². The van der Waals surface area contributed by atoms with Gasteiger partial charge < -0.3 is 24.6 Å². The Morgan fingerprint density at radius 1 is 1.09 bits per heavy atom. The van der Waals surface area contributed by atoms with E-state index in [-0.39, 0.29) is 11.3 Å². The Kier molecular flexibility index (Phi) is 6.23. The summed E-state index contributed by atoms with van der Waals surface area (Å²) in [4.78, 5) is 24.5. The second-order valence-electron chi connectivity index (χ2n) is 10.4. The van der Waals surface area contributed by atoms with Crippen LogP contribution in [0.15, 0.2) is 30.3 Å². The number of aliphatic carboxylic acids is 1. The normalized spacial score (nSPS) is 17.3. The van der Waals surface area contributed by atoms with Crippen LogP contribution in [0.3, 0.4) is 0 Å². The summed E-state index contributed by atoms with van der Waals surface area (Å²) in [6.07, 6.45) is 2.05. The summed E-state index contributed by atoms with van der Waals surface area (Å²) in [5.74, 6) is 0.489. The lowest BCUT2D eigenvalue weighted by molar-refractivity contribution is -0.165. The molecule has 1 fully saturated rings. The van der Waals surface area contributed by atoms with Gasteiger partial charge in [-0.1, -0.05) is 33.3 Å². The Morgan fingerprint density at radius 3 is 2.35 bits per heavy atom. The van der Waals surface area contributed by atoms with E-state index in [4.69, 9.17) is 14.2 Å². The second-order valence-corrected chi connectivity index (χ2v) is 10.4. The number of carbonyl (C=O) groups excluding carboxylic acids is 1. The Balaban J connectivity index is 1.85. The van der Waals surface area contributed by atoms with E-state index in [1.54, 1.807) is 14.2 Å². The quantitative estimate of drug-likeness (QED) is 0.564. The SMILES string of the molecule is COc1ccc(-c2ccc3c(c2)CNC3=O)c(OC(CC(C)(C)C)C2(C(=O)O)CCC2)c1OC. The molecule has 0 spiro atoms. The number of benzene rings is 2. The molecular formula is C27H33NO6. The third-order valence-electron chi connectivity index (χ3n) is 6.95. The highest BCUT2D eigenvalue weighted by Gasteiger charge is 2.53. The zero-order chi connectivity index (χ0) is 24.7. The van der Waals surface area contributed by atoms with Gasteiger partial charge in [0.1, 0.15) is 11.5 Å². The van der Waals surface area contributed by atoms with Crippen molar-refractivity contribution in [2.24, 2.45) is 10.8 Å². The Hall–Kier alpha value is -3.22. The fourth-order valence-electron chi connectivity index (χ4n) is 4.92. The molecular weight excluding hydrogens is 434 g/mol. The van der Waals surface area contributed by atoms with Crippen LogP contribution in [0.5, 0.6) is 17.2 Å². The topological polar surface area (TPSA) is 94.1 Å². The molecule has 1 unspecified atom stereocenters. The molecule has 1 amide bonds. The number of methoxy groups -OCH3 is 2. The molecule has 0 saturated heterocycles. The third-order valence-corrected chi connectivity index (χ3v) is 6.95. The molecule has 2 aromatic rings. The molecule has 2 N–H and O–H groups in total. The van der Waals surface area contributed by atoms with Crippen LogP contribution >= 0.6 is 0 Å². The number of rotatable bonds is 8. The lowest BCUT2D eigenvalue weighted by atomic mass is 9.62. The standard InChI is InChI=1S/C27H33NO6/c1-26(2,3)14-21(27(25(30)31)11-6-12-27)34-22-18(9-10-20(32-4)23(22)33-5)16-7-8-19-17(13-16)15-28-24(19)29/h7-10,13,21H,6,11-12,14-15H2,1-5H3,(H,28,29)(H,30,31). The van der Waals surface area contributed by atoms with E-state index in [1.165, 1.54) is 0 Å². The number of ether oxygens (including phenoxy) is 3. The van der Waals surface area contributed by atoms with Gasteiger partial charge in [0.2, 0.25) is 5.75 Å². The van der Waals surface area contributed by atoms with Gasteiger partial charge >= 0.3 is 5.97 Å². The summed E-state index contributed by atoms with van der Waals surface area (Å²) in [5.41, 5.74) is 2.12. The Bertz CT molecular complexity index is 1110. The van der Waals surface area contributed by atoms with Crippen LogP contribution in [-0.4, -0.2) is 37.3 Å². The highest BCUT2D eigenvalue weighted by Crippen LogP contribution is 2.52. The minimum Gasteiger partial charge on any atom is -0.493 e. The van der Waals surface area contributed by atoms with Gasteiger partial charge in [-0.2, -0.15) is 0 Å². The smallest absolute Gasteiger partial charge is 0.313 e. The largest absolute Gasteiger partial charge is 0.493 e. The van der Waals surface area contributed by atoms with E-state index >= 15 is 0 Å². The van der Waals surface area contributed by atoms with E-state index in [9.17, 15) is 14.7 Å². The van der Waals surface area contributed by atoms with Crippen molar-refractivity contribution < 1.29 is 28.9 Å². The number of carbonyl (C=O) groups is 2. The Labute approximate surface area is 200 Å². The van der Waals surface area contributed by atoms with Crippen molar-refractivity contribution in [1.29, 1.82) is 0 Å². The van der Waals surface area contributed by atoms with Crippen LogP contribution in [0, 0.1) is 10.8 Å². The minimum atomic E-state index is -0.938. The maximum atomic E-state index is 12.4. The van der Waals surface area contributed by atoms with Gasteiger partial charge in [0.15, 0.2) is 11.5 Å². The van der Waals surface area contributed by atoms with E-state index in [0.29, 0.717) is 48.6 Å². The van der Waals surface area contributed by atoms with Gasteiger partial charge in [0, 0.05) is 17.7 Å². The lowest BCUT2D eigenvalue weighted by Gasteiger charge is -2.45. The molecule has 1 saturated carbocycles. The summed E-state index contributed by atoms with van der Waals surface area (Å²) in [7, 11) is 3.11. The van der Waals surface area contributed by atoms with Gasteiger partial charge in [-0.05, 0) is 60.1 Å². The van der Waals surface area contributed by atoms with E-state index in [1.807, 2.05) is 30.3 Å². The van der Waals surface area contributed by atoms with Crippen molar-refractivity contribution in [2.45, 2.75) is 59.1 Å². The number of hydrogen-bond acceptors (Lipinski definition) is 5. The molecule has 0 radical (unpaired) electrons. The summed E-state index contributed by atoms with van der Waals surface area (Å²) in [6.45, 7) is 6.74. The lowest BCUT2D eigenvalue weighted by Crippen LogP contribution is -2.51. The van der Waals surface area contributed by atoms with Crippen molar-refractivity contribution >= 4 is 11.9 Å². The predicted octanol–water partition coefficient (Wildman–Crippen LogP) is 5.05. The van der Waals surface area contributed by atoms with Gasteiger partial charge in [0.05, 0.1) is 14.2 Å². The van der Waals surface area contributed by atoms with Crippen molar-refractivity contribution in [2.75, 3.05) is 14.2 Å². The third kappa shape index (κ3) is 4.19. The molecule has 4 rings (SSSR count). The van der Waals surface area contributed by atoms with Gasteiger partial charge in [0.25, 0.3) is 5.91 Å². The summed E-state index contributed by atoms with van der Waals surface area (Å²) < 4.78 is 17.9. The molecule has 1 aliphatic heterocycles. The molecule has 1 heterocycles. The first-order valence-electron chi connectivity index (χ1n) is 11.7. The summed E-state index contributed by atoms with van der Waals surface area (Å²) >= 11 is 0. The van der Waals surface area contributed by atoms with E-state index < -0.39 is 17.5 Å². The number of carboxylic acid groups (broad SMARTS) is 1. The van der Waals surface area contributed by atoms with Crippen LogP contribution in [0.2, 0.25) is 0 Å². The number of carboxylic acids is 1. The maximum absolute atomic E-state index is 12.4. The van der Waals surface area contributed by atoms with Crippen molar-refractivity contribution in [3.8, 4) is 28.4 Å². The van der Waals surface area contributed by atoms with Crippen LogP contribution in [-0.2, 0) is 11.3 Å². The minimum absolute atomic E-state index is 0.0797. The first-order chi connectivity index (χ1) is 16.1. The molecule has 2 aromatic carbocycles. The van der Waals surface area contributed by atoms with E-state index in [2.05, 4.69) is 26.1 Å². The number of amides is 1. The van der Waals surface area contributed by atoms with E-state index in [0.717, 1.165) is 23.1 Å². The molecule has 1 atom stereocenters. The molecule has 0 bridgehead atoms.